The minimum atomic E-state index is 0.582. The summed E-state index contributed by atoms with van der Waals surface area (Å²) in [5.74, 6) is 0. The molecule has 0 spiro atoms. The zero-order valence-electron chi connectivity index (χ0n) is 15.6. The summed E-state index contributed by atoms with van der Waals surface area (Å²) in [6.07, 6.45) is 7.14. The van der Waals surface area contributed by atoms with Gasteiger partial charge in [0.05, 0.1) is 19.2 Å². The lowest BCUT2D eigenvalue weighted by molar-refractivity contribution is -0.940. The van der Waals surface area contributed by atoms with E-state index in [0.29, 0.717) is 6.04 Å². The highest BCUT2D eigenvalue weighted by molar-refractivity contribution is 5.16. The number of hydrogen-bond acceptors (Lipinski definition) is 0. The molecule has 0 aliphatic carbocycles. The van der Waals surface area contributed by atoms with E-state index in [4.69, 9.17) is 0 Å². The topological polar surface area (TPSA) is 3.88 Å². The van der Waals surface area contributed by atoms with Crippen molar-refractivity contribution in [2.24, 2.45) is 0 Å². The van der Waals surface area contributed by atoms with Crippen LogP contribution in [0, 0.1) is 0 Å². The van der Waals surface area contributed by atoms with E-state index in [0.717, 1.165) is 17.6 Å². The molecule has 1 fully saturated rings. The first-order valence-corrected chi connectivity index (χ1v) is 9.64. The van der Waals surface area contributed by atoms with Crippen LogP contribution in [0.5, 0.6) is 0 Å². The third kappa shape index (κ3) is 3.71. The van der Waals surface area contributed by atoms with Crippen LogP contribution in [0.25, 0.3) is 0 Å². The van der Waals surface area contributed by atoms with Gasteiger partial charge < -0.3 is 4.48 Å². The largest absolute Gasteiger partial charge is 0.316 e. The van der Waals surface area contributed by atoms with E-state index in [2.05, 4.69) is 96.8 Å². The fourth-order valence-electron chi connectivity index (χ4n) is 4.46. The first kappa shape index (κ1) is 17.0. The highest BCUT2D eigenvalue weighted by atomic mass is 15.4. The van der Waals surface area contributed by atoms with Crippen molar-refractivity contribution in [2.75, 3.05) is 13.6 Å². The van der Waals surface area contributed by atoms with Crippen molar-refractivity contribution in [3.05, 3.63) is 102 Å². The summed E-state index contributed by atoms with van der Waals surface area (Å²) in [5, 5.41) is 0. The Morgan fingerprint density at radius 1 is 0.885 bits per heavy atom. The maximum atomic E-state index is 2.43. The molecule has 0 N–H and O–H groups in total. The zero-order valence-corrected chi connectivity index (χ0v) is 15.6. The molecule has 1 aliphatic heterocycles. The highest BCUT2D eigenvalue weighted by Gasteiger charge is 2.40. The van der Waals surface area contributed by atoms with Gasteiger partial charge in [-0.1, -0.05) is 60.7 Å². The van der Waals surface area contributed by atoms with Crippen molar-refractivity contribution in [3.8, 4) is 0 Å². The second-order valence-electron chi connectivity index (χ2n) is 7.80. The Morgan fingerprint density at radius 3 is 2.31 bits per heavy atom. The van der Waals surface area contributed by atoms with Gasteiger partial charge in [0.2, 0.25) is 0 Å². The van der Waals surface area contributed by atoms with Crippen LogP contribution in [0.4, 0.5) is 0 Å². The van der Waals surface area contributed by atoms with Crippen molar-refractivity contribution in [1.29, 1.82) is 0 Å². The Labute approximate surface area is 156 Å². The summed E-state index contributed by atoms with van der Waals surface area (Å²) in [7, 11) is 2.43. The summed E-state index contributed by atoms with van der Waals surface area (Å²) in [6, 6.07) is 26.8. The third-order valence-corrected chi connectivity index (χ3v) is 5.76. The molecule has 2 atom stereocenters. The van der Waals surface area contributed by atoms with Gasteiger partial charge in [0, 0.05) is 30.0 Å². The maximum Gasteiger partial charge on any atom is 0.178 e. The number of likely N-dealkylation sites (tertiary alicyclic amines) is 1. The molecule has 0 unspecified atom stereocenters. The van der Waals surface area contributed by atoms with Crippen molar-refractivity contribution < 1.29 is 9.05 Å². The number of aromatic nitrogens is 1. The fraction of sp³-hybridized carbons (Fsp3) is 0.292. The normalized spacial score (nSPS) is 22.4. The van der Waals surface area contributed by atoms with Gasteiger partial charge >= 0.3 is 0 Å². The van der Waals surface area contributed by atoms with Crippen LogP contribution >= 0.6 is 0 Å². The summed E-state index contributed by atoms with van der Waals surface area (Å²) in [4.78, 5) is 0. The smallest absolute Gasteiger partial charge is 0.178 e. The van der Waals surface area contributed by atoms with Crippen LogP contribution in [0.15, 0.2) is 85.2 Å². The van der Waals surface area contributed by atoms with Crippen molar-refractivity contribution >= 4 is 0 Å². The molecule has 3 aromatic rings. The van der Waals surface area contributed by atoms with Gasteiger partial charge in [0.1, 0.15) is 12.6 Å². The second kappa shape index (κ2) is 7.43. The van der Waals surface area contributed by atoms with Gasteiger partial charge in [-0.15, -0.1) is 0 Å². The van der Waals surface area contributed by atoms with Crippen LogP contribution in [-0.2, 0) is 13.1 Å². The van der Waals surface area contributed by atoms with Crippen molar-refractivity contribution in [2.45, 2.75) is 32.0 Å². The third-order valence-electron chi connectivity index (χ3n) is 5.76. The predicted molar refractivity (Wildman–Crippen MR) is 105 cm³/mol. The molecule has 0 amide bonds. The number of benzene rings is 2. The number of pyridine rings is 1. The van der Waals surface area contributed by atoms with Crippen molar-refractivity contribution in [3.63, 3.8) is 0 Å². The number of nitrogens with zero attached hydrogens (tertiary/aromatic N) is 2. The SMILES string of the molecule is C[N@@+]1(Cc2ccccc2)CCC[C@H]1c1ccc[n+](Cc2ccccc2)c1. The molecule has 1 aliphatic rings. The molecule has 2 heteroatoms. The molecule has 1 aromatic heterocycles. The summed E-state index contributed by atoms with van der Waals surface area (Å²) in [5.41, 5.74) is 4.26. The molecule has 0 saturated carbocycles. The van der Waals surface area contributed by atoms with E-state index in [1.165, 1.54) is 36.1 Å². The molecule has 1 saturated heterocycles. The van der Waals surface area contributed by atoms with E-state index >= 15 is 0 Å². The minimum absolute atomic E-state index is 0.582. The molecule has 2 nitrogen and oxygen atoms in total. The maximum absolute atomic E-state index is 2.43. The van der Waals surface area contributed by atoms with Gasteiger partial charge in [-0.2, -0.15) is 0 Å². The molecular formula is C24H28N2+2. The lowest BCUT2D eigenvalue weighted by Gasteiger charge is -2.36. The Morgan fingerprint density at radius 2 is 1.58 bits per heavy atom. The molecule has 0 bridgehead atoms. The summed E-state index contributed by atoms with van der Waals surface area (Å²) >= 11 is 0. The van der Waals surface area contributed by atoms with Gasteiger partial charge in [-0.3, -0.25) is 0 Å². The second-order valence-corrected chi connectivity index (χ2v) is 7.80. The summed E-state index contributed by atoms with van der Waals surface area (Å²) in [6.45, 7) is 3.30. The molecule has 0 radical (unpaired) electrons. The van der Waals surface area contributed by atoms with Crippen LogP contribution < -0.4 is 4.57 Å². The molecular weight excluding hydrogens is 316 g/mol. The van der Waals surface area contributed by atoms with E-state index in [-0.39, 0.29) is 0 Å². The lowest BCUT2D eigenvalue weighted by atomic mass is 10.0. The molecule has 2 aromatic carbocycles. The summed E-state index contributed by atoms with van der Waals surface area (Å²) < 4.78 is 3.44. The van der Waals surface area contributed by atoms with Gasteiger partial charge in [0.15, 0.2) is 18.9 Å². The van der Waals surface area contributed by atoms with Crippen LogP contribution in [0.1, 0.15) is 35.6 Å². The van der Waals surface area contributed by atoms with E-state index in [9.17, 15) is 0 Å². The van der Waals surface area contributed by atoms with Gasteiger partial charge in [-0.25, -0.2) is 4.57 Å². The average Bonchev–Trinajstić information content (AvgIpc) is 3.05. The molecule has 26 heavy (non-hydrogen) atoms. The van der Waals surface area contributed by atoms with Crippen molar-refractivity contribution in [1.82, 2.24) is 0 Å². The quantitative estimate of drug-likeness (QED) is 0.474. The van der Waals surface area contributed by atoms with Crippen LogP contribution in [-0.4, -0.2) is 18.1 Å². The standard InChI is InChI=1S/C24H28N2/c1-26(20-22-12-6-3-7-13-22)17-9-15-24(26)23-14-8-16-25(19-23)18-21-10-4-2-5-11-21/h2-8,10-14,16,19,24H,9,15,17-18,20H2,1H3/q+2/t24-,26-/m0/s1. The Hall–Kier alpha value is -2.45. The van der Waals surface area contributed by atoms with E-state index < -0.39 is 0 Å². The number of quaternary nitrogens is 1. The predicted octanol–water partition coefficient (Wildman–Crippen LogP) is 4.50. The Balaban J connectivity index is 1.57. The molecule has 2 heterocycles. The van der Waals surface area contributed by atoms with E-state index in [1.54, 1.807) is 0 Å². The molecule has 132 valence electrons. The monoisotopic (exact) mass is 344 g/mol. The van der Waals surface area contributed by atoms with Crippen LogP contribution in [0.3, 0.4) is 0 Å². The minimum Gasteiger partial charge on any atom is -0.316 e. The Kier molecular flexibility index (Phi) is 4.85. The fourth-order valence-corrected chi connectivity index (χ4v) is 4.46. The van der Waals surface area contributed by atoms with E-state index in [1.807, 2.05) is 0 Å². The number of hydrogen-bond donors (Lipinski definition) is 0. The van der Waals surface area contributed by atoms with Gasteiger partial charge in [0.25, 0.3) is 0 Å². The Bertz CT molecular complexity index is 844. The zero-order chi connectivity index (χ0) is 17.8. The first-order chi connectivity index (χ1) is 12.7. The number of rotatable bonds is 5. The molecule has 4 rings (SSSR count). The first-order valence-electron chi connectivity index (χ1n) is 9.64. The average molecular weight is 345 g/mol. The lowest BCUT2D eigenvalue weighted by Crippen LogP contribution is -2.43. The highest BCUT2D eigenvalue weighted by Crippen LogP contribution is 2.38. The van der Waals surface area contributed by atoms with Gasteiger partial charge in [-0.05, 0) is 6.07 Å². The van der Waals surface area contributed by atoms with Crippen LogP contribution in [0.2, 0.25) is 0 Å².